The summed E-state index contributed by atoms with van der Waals surface area (Å²) >= 11 is 0. The van der Waals surface area contributed by atoms with Crippen molar-refractivity contribution in [1.82, 2.24) is 0 Å². The van der Waals surface area contributed by atoms with Gasteiger partial charge in [0.25, 0.3) is 0 Å². The van der Waals surface area contributed by atoms with Crippen LogP contribution in [0.4, 0.5) is 15.8 Å². The summed E-state index contributed by atoms with van der Waals surface area (Å²) in [5, 5.41) is 0. The number of rotatable bonds is 3. The van der Waals surface area contributed by atoms with Crippen molar-refractivity contribution in [3.05, 3.63) is 47.7 Å². The summed E-state index contributed by atoms with van der Waals surface area (Å²) < 4.78 is 18.4. The van der Waals surface area contributed by atoms with Gasteiger partial charge in [-0.15, -0.1) is 0 Å². The van der Waals surface area contributed by atoms with E-state index in [1.54, 1.807) is 6.07 Å². The molecule has 3 nitrogen and oxygen atoms in total. The Bertz CT molecular complexity index is 522. The molecule has 0 unspecified atom stereocenters. The van der Waals surface area contributed by atoms with Gasteiger partial charge in [-0.25, -0.2) is 4.39 Å². The van der Waals surface area contributed by atoms with Crippen LogP contribution in [0.15, 0.2) is 34.7 Å². The van der Waals surface area contributed by atoms with Crippen molar-refractivity contribution in [2.75, 3.05) is 17.7 Å². The molecule has 0 aliphatic rings. The summed E-state index contributed by atoms with van der Waals surface area (Å²) in [7, 11) is 1.89. The maximum Gasteiger partial charge on any atom is 0.125 e. The van der Waals surface area contributed by atoms with E-state index < -0.39 is 0 Å². The van der Waals surface area contributed by atoms with Gasteiger partial charge in [-0.1, -0.05) is 0 Å². The molecule has 0 radical (unpaired) electrons. The number of aryl methyl sites for hydroxylation is 1. The van der Waals surface area contributed by atoms with Crippen molar-refractivity contribution in [3.8, 4) is 0 Å². The molecule has 0 saturated heterocycles. The molecule has 0 spiro atoms. The van der Waals surface area contributed by atoms with Gasteiger partial charge in [0.1, 0.15) is 17.3 Å². The van der Waals surface area contributed by atoms with Crippen molar-refractivity contribution in [3.63, 3.8) is 0 Å². The lowest BCUT2D eigenvalue weighted by Crippen LogP contribution is -2.17. The van der Waals surface area contributed by atoms with Crippen molar-refractivity contribution >= 4 is 11.4 Å². The van der Waals surface area contributed by atoms with Crippen LogP contribution in [0.5, 0.6) is 0 Å². The molecule has 0 aliphatic carbocycles. The minimum absolute atomic E-state index is 0.325. The van der Waals surface area contributed by atoms with E-state index in [0.717, 1.165) is 17.2 Å². The zero-order valence-corrected chi connectivity index (χ0v) is 9.90. The molecule has 0 fully saturated rings. The van der Waals surface area contributed by atoms with Gasteiger partial charge in [-0.05, 0) is 37.3 Å². The second-order valence-electron chi connectivity index (χ2n) is 4.07. The first-order valence-electron chi connectivity index (χ1n) is 5.38. The van der Waals surface area contributed by atoms with E-state index in [1.165, 1.54) is 12.1 Å². The quantitative estimate of drug-likeness (QED) is 0.830. The zero-order chi connectivity index (χ0) is 12.4. The second-order valence-corrected chi connectivity index (χ2v) is 4.07. The molecular weight excluding hydrogens is 219 g/mol. The third kappa shape index (κ3) is 2.58. The molecule has 17 heavy (non-hydrogen) atoms. The lowest BCUT2D eigenvalue weighted by atomic mass is 10.2. The number of hydrogen-bond donors (Lipinski definition) is 1. The highest BCUT2D eigenvalue weighted by Crippen LogP contribution is 2.24. The summed E-state index contributed by atoms with van der Waals surface area (Å²) in [4.78, 5) is 1.92. The Labute approximate surface area is 99.6 Å². The first-order valence-corrected chi connectivity index (χ1v) is 5.38. The lowest BCUT2D eigenvalue weighted by molar-refractivity contribution is 0.482. The molecule has 0 atom stereocenters. The molecule has 4 heteroatoms. The molecule has 1 aromatic heterocycles. The normalized spacial score (nSPS) is 10.5. The molecule has 90 valence electrons. The average molecular weight is 234 g/mol. The highest BCUT2D eigenvalue weighted by atomic mass is 19.1. The molecule has 0 amide bonds. The average Bonchev–Trinajstić information content (AvgIpc) is 2.63. The highest BCUT2D eigenvalue weighted by Gasteiger charge is 2.08. The third-order valence-electron chi connectivity index (χ3n) is 2.59. The van der Waals surface area contributed by atoms with Crippen LogP contribution in [0, 0.1) is 12.7 Å². The Kier molecular flexibility index (Phi) is 3.04. The number of anilines is 2. The number of benzene rings is 1. The number of nitrogens with two attached hydrogens (primary N) is 1. The maximum atomic E-state index is 12.9. The largest absolute Gasteiger partial charge is 0.464 e. The van der Waals surface area contributed by atoms with Crippen molar-refractivity contribution < 1.29 is 8.81 Å². The first kappa shape index (κ1) is 11.5. The summed E-state index contributed by atoms with van der Waals surface area (Å²) in [5.74, 6) is 1.41. The summed E-state index contributed by atoms with van der Waals surface area (Å²) in [6, 6.07) is 8.22. The minimum Gasteiger partial charge on any atom is -0.464 e. The SMILES string of the molecule is Cc1ccc(CN(C)c2ccc(F)cc2N)o1. The molecule has 1 aromatic carbocycles. The van der Waals surface area contributed by atoms with Gasteiger partial charge < -0.3 is 15.1 Å². The van der Waals surface area contributed by atoms with E-state index >= 15 is 0 Å². The van der Waals surface area contributed by atoms with Crippen LogP contribution < -0.4 is 10.6 Å². The number of hydrogen-bond acceptors (Lipinski definition) is 3. The molecule has 0 saturated carbocycles. The molecule has 2 rings (SSSR count). The Morgan fingerprint density at radius 2 is 2.06 bits per heavy atom. The Morgan fingerprint density at radius 1 is 1.29 bits per heavy atom. The van der Waals surface area contributed by atoms with Gasteiger partial charge in [-0.3, -0.25) is 0 Å². The first-order chi connectivity index (χ1) is 8.06. The maximum absolute atomic E-state index is 12.9. The van der Waals surface area contributed by atoms with Crippen LogP contribution >= 0.6 is 0 Å². The fraction of sp³-hybridized carbons (Fsp3) is 0.231. The molecule has 2 N–H and O–H groups in total. The zero-order valence-electron chi connectivity index (χ0n) is 9.90. The topological polar surface area (TPSA) is 42.4 Å². The highest BCUT2D eigenvalue weighted by molar-refractivity contribution is 5.67. The van der Waals surface area contributed by atoms with E-state index in [0.29, 0.717) is 12.2 Å². The van der Waals surface area contributed by atoms with Gasteiger partial charge in [-0.2, -0.15) is 0 Å². The predicted molar refractivity (Wildman–Crippen MR) is 66.4 cm³/mol. The van der Waals surface area contributed by atoms with Crippen molar-refractivity contribution in [1.29, 1.82) is 0 Å². The second kappa shape index (κ2) is 4.49. The van der Waals surface area contributed by atoms with Gasteiger partial charge in [0.2, 0.25) is 0 Å². The van der Waals surface area contributed by atoms with E-state index in [1.807, 2.05) is 31.0 Å². The Morgan fingerprint density at radius 3 is 2.65 bits per heavy atom. The van der Waals surface area contributed by atoms with Gasteiger partial charge in [0.15, 0.2) is 0 Å². The van der Waals surface area contributed by atoms with E-state index in [-0.39, 0.29) is 5.82 Å². The van der Waals surface area contributed by atoms with Crippen molar-refractivity contribution in [2.45, 2.75) is 13.5 Å². The van der Waals surface area contributed by atoms with Gasteiger partial charge in [0, 0.05) is 7.05 Å². The van der Waals surface area contributed by atoms with E-state index in [4.69, 9.17) is 10.2 Å². The number of halogens is 1. The third-order valence-corrected chi connectivity index (χ3v) is 2.59. The summed E-state index contributed by atoms with van der Waals surface area (Å²) in [5.41, 5.74) is 6.99. The summed E-state index contributed by atoms with van der Waals surface area (Å²) in [6.45, 7) is 2.50. The molecule has 1 heterocycles. The minimum atomic E-state index is -0.325. The van der Waals surface area contributed by atoms with E-state index in [9.17, 15) is 4.39 Å². The van der Waals surface area contributed by atoms with Crippen LogP contribution in [-0.4, -0.2) is 7.05 Å². The van der Waals surface area contributed by atoms with Crippen LogP contribution in [0.25, 0.3) is 0 Å². The van der Waals surface area contributed by atoms with Crippen LogP contribution in [-0.2, 0) is 6.54 Å². The molecule has 0 bridgehead atoms. The van der Waals surface area contributed by atoms with Crippen molar-refractivity contribution in [2.24, 2.45) is 0 Å². The van der Waals surface area contributed by atoms with Crippen LogP contribution in [0.2, 0.25) is 0 Å². The molecular formula is C13H15FN2O. The van der Waals surface area contributed by atoms with Gasteiger partial charge >= 0.3 is 0 Å². The number of nitrogens with zero attached hydrogens (tertiary/aromatic N) is 1. The Balaban J connectivity index is 2.17. The van der Waals surface area contributed by atoms with Gasteiger partial charge in [0.05, 0.1) is 17.9 Å². The summed E-state index contributed by atoms with van der Waals surface area (Å²) in [6.07, 6.45) is 0. The smallest absolute Gasteiger partial charge is 0.125 e. The fourth-order valence-electron chi connectivity index (χ4n) is 1.76. The van der Waals surface area contributed by atoms with Crippen LogP contribution in [0.3, 0.4) is 0 Å². The lowest BCUT2D eigenvalue weighted by Gasteiger charge is -2.19. The monoisotopic (exact) mass is 234 g/mol. The standard InChI is InChI=1S/C13H15FN2O/c1-9-3-5-11(17-9)8-16(2)13-6-4-10(14)7-12(13)15/h3-7H,8,15H2,1-2H3. The Hall–Kier alpha value is -1.97. The fourth-order valence-corrected chi connectivity index (χ4v) is 1.76. The van der Waals surface area contributed by atoms with E-state index in [2.05, 4.69) is 0 Å². The molecule has 2 aromatic rings. The predicted octanol–water partition coefficient (Wildman–Crippen LogP) is 2.95. The number of nitrogen functional groups attached to an aromatic ring is 1. The van der Waals surface area contributed by atoms with Crippen LogP contribution in [0.1, 0.15) is 11.5 Å². The molecule has 0 aliphatic heterocycles. The number of furan rings is 1.